The first-order chi connectivity index (χ1) is 13.4. The Hall–Kier alpha value is -1.02. The van der Waals surface area contributed by atoms with Gasteiger partial charge in [-0.2, -0.15) is 0 Å². The molecule has 0 aliphatic rings. The van der Waals surface area contributed by atoms with Crippen LogP contribution in [0.25, 0.3) is 0 Å². The third-order valence-electron chi connectivity index (χ3n) is 4.43. The minimum absolute atomic E-state index is 0.175. The summed E-state index contributed by atoms with van der Waals surface area (Å²) in [4.78, 5) is 0. The molecule has 1 rings (SSSR count). The van der Waals surface area contributed by atoms with Crippen LogP contribution in [0, 0.1) is 16.7 Å². The molecule has 0 bridgehead atoms. The summed E-state index contributed by atoms with van der Waals surface area (Å²) in [6.45, 7) is 28.9. The summed E-state index contributed by atoms with van der Waals surface area (Å²) in [6.07, 6.45) is 1.89. The van der Waals surface area contributed by atoms with Crippen molar-refractivity contribution in [2.75, 3.05) is 6.61 Å². The summed E-state index contributed by atoms with van der Waals surface area (Å²) in [5.41, 5.74) is 1.83. The Labute approximate surface area is 183 Å². The fourth-order valence-electron chi connectivity index (χ4n) is 3.21. The van der Waals surface area contributed by atoms with Gasteiger partial charge in [-0.15, -0.1) is 0 Å². The van der Waals surface area contributed by atoms with Gasteiger partial charge in [-0.3, -0.25) is 0 Å². The molecule has 0 fully saturated rings. The highest BCUT2D eigenvalue weighted by atomic mass is 16.7. The fourth-order valence-corrected chi connectivity index (χ4v) is 3.21. The van der Waals surface area contributed by atoms with Crippen molar-refractivity contribution in [2.24, 2.45) is 16.7 Å². The molecule has 1 aromatic carbocycles. The van der Waals surface area contributed by atoms with Crippen LogP contribution in [-0.4, -0.2) is 12.9 Å². The van der Waals surface area contributed by atoms with Gasteiger partial charge in [-0.05, 0) is 53.7 Å². The molecule has 2 heteroatoms. The maximum Gasteiger partial charge on any atom is 0.200 e. The lowest BCUT2D eigenvalue weighted by Crippen LogP contribution is -2.26. The molecule has 0 saturated carbocycles. The lowest BCUT2D eigenvalue weighted by Gasteiger charge is -2.33. The molecule has 0 aliphatic carbocycles. The molecule has 29 heavy (non-hydrogen) atoms. The van der Waals surface area contributed by atoms with Crippen molar-refractivity contribution in [1.29, 1.82) is 0 Å². The van der Waals surface area contributed by atoms with E-state index in [9.17, 15) is 0 Å². The minimum Gasteiger partial charge on any atom is -0.465 e. The topological polar surface area (TPSA) is 18.5 Å². The van der Waals surface area contributed by atoms with Crippen LogP contribution in [-0.2, 0) is 4.74 Å². The molecule has 0 spiro atoms. The highest BCUT2D eigenvalue weighted by Crippen LogP contribution is 2.40. The van der Waals surface area contributed by atoms with Gasteiger partial charge in [0.1, 0.15) is 5.75 Å². The molecule has 2 atom stereocenters. The maximum absolute atomic E-state index is 6.11. The molecular formula is C27H52O2. The van der Waals surface area contributed by atoms with Crippen LogP contribution >= 0.6 is 0 Å². The third-order valence-corrected chi connectivity index (χ3v) is 4.43. The van der Waals surface area contributed by atoms with Crippen molar-refractivity contribution < 1.29 is 9.47 Å². The van der Waals surface area contributed by atoms with E-state index in [4.69, 9.17) is 9.47 Å². The van der Waals surface area contributed by atoms with Gasteiger partial charge in [-0.25, -0.2) is 0 Å². The Kier molecular flexibility index (Phi) is 15.5. The Morgan fingerprint density at radius 2 is 1.31 bits per heavy atom. The molecule has 2 nitrogen and oxygen atoms in total. The summed E-state index contributed by atoms with van der Waals surface area (Å²) in [7, 11) is 0. The van der Waals surface area contributed by atoms with Gasteiger partial charge in [0.2, 0.25) is 0 Å². The van der Waals surface area contributed by atoms with Crippen LogP contribution in [0.5, 0.6) is 5.75 Å². The highest BCUT2D eigenvalue weighted by Gasteiger charge is 2.27. The van der Waals surface area contributed by atoms with Crippen molar-refractivity contribution in [3.05, 3.63) is 29.8 Å². The highest BCUT2D eigenvalue weighted by molar-refractivity contribution is 5.30. The van der Waals surface area contributed by atoms with E-state index in [0.717, 1.165) is 12.2 Å². The molecule has 0 aromatic heterocycles. The van der Waals surface area contributed by atoms with Gasteiger partial charge < -0.3 is 9.47 Å². The average molecular weight is 409 g/mol. The summed E-state index contributed by atoms with van der Waals surface area (Å²) in [6, 6.07) is 8.66. The molecule has 172 valence electrons. The maximum atomic E-state index is 6.11. The summed E-state index contributed by atoms with van der Waals surface area (Å²) < 4.78 is 11.9. The molecule has 0 aliphatic heterocycles. The third kappa shape index (κ3) is 13.8. The summed E-state index contributed by atoms with van der Waals surface area (Å²) >= 11 is 0. The van der Waals surface area contributed by atoms with Crippen LogP contribution in [0.3, 0.4) is 0 Å². The summed E-state index contributed by atoms with van der Waals surface area (Å²) in [5, 5.41) is 0. The van der Waals surface area contributed by atoms with Crippen molar-refractivity contribution >= 4 is 0 Å². The zero-order valence-corrected chi connectivity index (χ0v) is 22.0. The average Bonchev–Trinajstić information content (AvgIpc) is 2.62. The fraction of sp³-hybridized carbons (Fsp3) is 0.778. The second-order valence-electron chi connectivity index (χ2n) is 9.88. The molecule has 0 radical (unpaired) electrons. The number of hydrogen-bond acceptors (Lipinski definition) is 2. The van der Waals surface area contributed by atoms with E-state index in [-0.39, 0.29) is 17.1 Å². The summed E-state index contributed by atoms with van der Waals surface area (Å²) in [5.74, 6) is 2.14. The van der Waals surface area contributed by atoms with Crippen LogP contribution in [0.4, 0.5) is 0 Å². The van der Waals surface area contributed by atoms with Crippen LogP contribution < -0.4 is 4.74 Å². The van der Waals surface area contributed by atoms with Crippen molar-refractivity contribution in [1.82, 2.24) is 0 Å². The van der Waals surface area contributed by atoms with Crippen molar-refractivity contribution in [2.45, 2.75) is 115 Å². The minimum atomic E-state index is -0.190. The van der Waals surface area contributed by atoms with Gasteiger partial charge in [0.05, 0.1) is 0 Å². The normalized spacial score (nSPS) is 13.6. The van der Waals surface area contributed by atoms with E-state index >= 15 is 0 Å². The monoisotopic (exact) mass is 408 g/mol. The standard InChI is InChI=1S/C23H40O2.2C2H6/c1-10-24-21(16-22(4,5)6)25-19-13-11-18(12-14-19)20(15-17(2)3)23(7,8)9;2*1-2/h11-14,17,20-21H,10,15-16H2,1-9H3;2*1-2H3. The molecular weight excluding hydrogens is 356 g/mol. The molecule has 0 saturated heterocycles. The molecule has 2 unspecified atom stereocenters. The van der Waals surface area contributed by atoms with E-state index in [1.807, 2.05) is 34.6 Å². The van der Waals surface area contributed by atoms with Crippen LogP contribution in [0.2, 0.25) is 0 Å². The molecule has 0 N–H and O–H groups in total. The Morgan fingerprint density at radius 1 is 0.828 bits per heavy atom. The van der Waals surface area contributed by atoms with E-state index in [1.54, 1.807) is 0 Å². The van der Waals surface area contributed by atoms with Gasteiger partial charge in [0.25, 0.3) is 0 Å². The zero-order valence-electron chi connectivity index (χ0n) is 22.0. The van der Waals surface area contributed by atoms with E-state index in [1.165, 1.54) is 12.0 Å². The second kappa shape index (κ2) is 14.9. The van der Waals surface area contributed by atoms with Crippen molar-refractivity contribution in [3.63, 3.8) is 0 Å². The lowest BCUT2D eigenvalue weighted by atomic mass is 9.72. The lowest BCUT2D eigenvalue weighted by molar-refractivity contribution is -0.0952. The Bertz CT molecular complexity index is 489. The van der Waals surface area contributed by atoms with Gasteiger partial charge in [-0.1, -0.05) is 95.2 Å². The van der Waals surface area contributed by atoms with E-state index in [2.05, 4.69) is 79.7 Å². The number of benzene rings is 1. The first-order valence-corrected chi connectivity index (χ1v) is 11.8. The van der Waals surface area contributed by atoms with Gasteiger partial charge >= 0.3 is 0 Å². The predicted molar refractivity (Wildman–Crippen MR) is 131 cm³/mol. The quantitative estimate of drug-likeness (QED) is 0.399. The zero-order chi connectivity index (χ0) is 23.3. The van der Waals surface area contributed by atoms with E-state index in [0.29, 0.717) is 18.4 Å². The van der Waals surface area contributed by atoms with E-state index < -0.39 is 0 Å². The molecule has 1 aromatic rings. The van der Waals surface area contributed by atoms with Crippen LogP contribution in [0.15, 0.2) is 24.3 Å². The number of ether oxygens (including phenoxy) is 2. The Morgan fingerprint density at radius 3 is 1.66 bits per heavy atom. The second-order valence-corrected chi connectivity index (χ2v) is 9.88. The van der Waals surface area contributed by atoms with Crippen LogP contribution in [0.1, 0.15) is 114 Å². The van der Waals surface area contributed by atoms with Gasteiger partial charge in [0.15, 0.2) is 6.29 Å². The van der Waals surface area contributed by atoms with Crippen molar-refractivity contribution in [3.8, 4) is 5.75 Å². The number of rotatable bonds is 8. The largest absolute Gasteiger partial charge is 0.465 e. The molecule has 0 heterocycles. The molecule has 0 amide bonds. The Balaban J connectivity index is 0. The number of hydrogen-bond donors (Lipinski definition) is 0. The first-order valence-electron chi connectivity index (χ1n) is 11.8. The first kappa shape index (κ1) is 30.2. The van der Waals surface area contributed by atoms with Gasteiger partial charge in [0, 0.05) is 13.0 Å². The smallest absolute Gasteiger partial charge is 0.200 e. The predicted octanol–water partition coefficient (Wildman–Crippen LogP) is 9.09. The SMILES string of the molecule is CC.CC.CCOC(CC(C)(C)C)Oc1ccc(C(CC(C)C)C(C)(C)C)cc1.